The summed E-state index contributed by atoms with van der Waals surface area (Å²) in [6.45, 7) is 5.67. The van der Waals surface area contributed by atoms with Crippen molar-refractivity contribution in [2.45, 2.75) is 20.3 Å². The number of hydrogen-bond donors (Lipinski definition) is 2. The molecule has 0 radical (unpaired) electrons. The Morgan fingerprint density at radius 1 is 1.33 bits per heavy atom. The summed E-state index contributed by atoms with van der Waals surface area (Å²) in [5.74, 6) is -0.0878. The number of methoxy groups -OCH3 is 1. The Labute approximate surface area is 130 Å². The van der Waals surface area contributed by atoms with E-state index in [0.29, 0.717) is 35.2 Å². The number of carbonyl (C=O) groups excluding carboxylic acids is 2. The average molecular weight is 313 g/mol. The van der Waals surface area contributed by atoms with Crippen LogP contribution in [0.2, 0.25) is 5.02 Å². The highest BCUT2D eigenvalue weighted by molar-refractivity contribution is 6.33. The van der Waals surface area contributed by atoms with Gasteiger partial charge in [-0.05, 0) is 30.7 Å². The minimum Gasteiger partial charge on any atom is -0.465 e. The van der Waals surface area contributed by atoms with Gasteiger partial charge in [-0.3, -0.25) is 4.79 Å². The van der Waals surface area contributed by atoms with Crippen molar-refractivity contribution in [1.82, 2.24) is 5.32 Å². The Balaban J connectivity index is 2.57. The molecule has 1 rings (SSSR count). The lowest BCUT2D eigenvalue weighted by molar-refractivity contribution is -0.116. The lowest BCUT2D eigenvalue weighted by Crippen LogP contribution is -2.25. The number of rotatable bonds is 7. The van der Waals surface area contributed by atoms with Crippen LogP contribution in [0.1, 0.15) is 30.6 Å². The van der Waals surface area contributed by atoms with Gasteiger partial charge in [0.15, 0.2) is 0 Å². The van der Waals surface area contributed by atoms with Crippen LogP contribution in [0.5, 0.6) is 0 Å². The molecule has 0 aliphatic rings. The molecule has 6 heteroatoms. The predicted octanol–water partition coefficient (Wildman–Crippen LogP) is 2.70. The van der Waals surface area contributed by atoms with E-state index in [-0.39, 0.29) is 5.91 Å². The molecule has 1 aromatic carbocycles. The molecule has 5 nitrogen and oxygen atoms in total. The van der Waals surface area contributed by atoms with Crippen LogP contribution in [0, 0.1) is 5.92 Å². The van der Waals surface area contributed by atoms with E-state index in [1.165, 1.54) is 13.2 Å². The Morgan fingerprint density at radius 3 is 2.67 bits per heavy atom. The van der Waals surface area contributed by atoms with Crippen molar-refractivity contribution in [2.75, 3.05) is 25.5 Å². The first-order valence-corrected chi connectivity index (χ1v) is 7.20. The summed E-state index contributed by atoms with van der Waals surface area (Å²) in [5, 5.41) is 6.27. The number of amides is 1. The Morgan fingerprint density at radius 2 is 2.05 bits per heavy atom. The van der Waals surface area contributed by atoms with Gasteiger partial charge in [0.25, 0.3) is 0 Å². The molecule has 1 amide bonds. The number of esters is 1. The van der Waals surface area contributed by atoms with Crippen LogP contribution in [-0.4, -0.2) is 32.1 Å². The molecule has 0 heterocycles. The summed E-state index contributed by atoms with van der Waals surface area (Å²) >= 11 is 6.01. The standard InChI is InChI=1S/C15H21ClN2O3/c1-10(2)9-17-7-6-14(19)18-13-8-11(15(20)21-3)4-5-12(13)16/h4-5,8,10,17H,6-7,9H2,1-3H3,(H,18,19). The quantitative estimate of drug-likeness (QED) is 0.600. The normalized spacial score (nSPS) is 10.5. The third-order valence-corrected chi connectivity index (χ3v) is 3.07. The van der Waals surface area contributed by atoms with Gasteiger partial charge < -0.3 is 15.4 Å². The maximum Gasteiger partial charge on any atom is 0.337 e. The van der Waals surface area contributed by atoms with E-state index in [1.807, 2.05) is 0 Å². The van der Waals surface area contributed by atoms with Crippen molar-refractivity contribution in [3.8, 4) is 0 Å². The first-order chi connectivity index (χ1) is 9.93. The Kier molecular flexibility index (Phi) is 7.19. The first-order valence-electron chi connectivity index (χ1n) is 6.82. The molecule has 2 N–H and O–H groups in total. The van der Waals surface area contributed by atoms with Gasteiger partial charge in [-0.15, -0.1) is 0 Å². The van der Waals surface area contributed by atoms with E-state index in [0.717, 1.165) is 6.54 Å². The number of hydrogen-bond acceptors (Lipinski definition) is 4. The SMILES string of the molecule is COC(=O)c1ccc(Cl)c(NC(=O)CCNCC(C)C)c1. The zero-order valence-corrected chi connectivity index (χ0v) is 13.3. The summed E-state index contributed by atoms with van der Waals surface area (Å²) in [4.78, 5) is 23.3. The number of halogens is 1. The van der Waals surface area contributed by atoms with Crippen LogP contribution >= 0.6 is 11.6 Å². The molecule has 0 aromatic heterocycles. The Bertz CT molecular complexity index is 504. The second kappa shape index (κ2) is 8.64. The van der Waals surface area contributed by atoms with Crippen molar-refractivity contribution in [1.29, 1.82) is 0 Å². The third kappa shape index (κ3) is 6.14. The Hall–Kier alpha value is -1.59. The van der Waals surface area contributed by atoms with Gasteiger partial charge in [-0.25, -0.2) is 4.79 Å². The highest BCUT2D eigenvalue weighted by Crippen LogP contribution is 2.23. The molecular weight excluding hydrogens is 292 g/mol. The molecule has 0 fully saturated rings. The summed E-state index contributed by atoms with van der Waals surface area (Å²) in [7, 11) is 1.30. The van der Waals surface area contributed by atoms with Crippen molar-refractivity contribution in [3.63, 3.8) is 0 Å². The third-order valence-electron chi connectivity index (χ3n) is 2.74. The molecule has 0 spiro atoms. The summed E-state index contributed by atoms with van der Waals surface area (Å²) < 4.78 is 4.63. The number of carbonyl (C=O) groups is 2. The van der Waals surface area contributed by atoms with E-state index in [1.54, 1.807) is 12.1 Å². The van der Waals surface area contributed by atoms with Gasteiger partial charge in [0, 0.05) is 13.0 Å². The van der Waals surface area contributed by atoms with Crippen molar-refractivity contribution in [3.05, 3.63) is 28.8 Å². The maximum absolute atomic E-state index is 11.8. The van der Waals surface area contributed by atoms with E-state index in [9.17, 15) is 9.59 Å². The zero-order chi connectivity index (χ0) is 15.8. The smallest absolute Gasteiger partial charge is 0.337 e. The minimum absolute atomic E-state index is 0.157. The molecule has 0 aliphatic heterocycles. The number of ether oxygens (including phenoxy) is 1. The van der Waals surface area contributed by atoms with Crippen molar-refractivity contribution in [2.24, 2.45) is 5.92 Å². The van der Waals surface area contributed by atoms with Crippen LogP contribution in [0.15, 0.2) is 18.2 Å². The summed E-state index contributed by atoms with van der Waals surface area (Å²) in [5.41, 5.74) is 0.753. The van der Waals surface area contributed by atoms with E-state index >= 15 is 0 Å². The number of nitrogens with one attached hydrogen (secondary N) is 2. The molecular formula is C15H21ClN2O3. The highest BCUT2D eigenvalue weighted by atomic mass is 35.5. The predicted molar refractivity (Wildman–Crippen MR) is 83.7 cm³/mol. The van der Waals surface area contributed by atoms with Crippen LogP contribution in [0.3, 0.4) is 0 Å². The minimum atomic E-state index is -0.472. The van der Waals surface area contributed by atoms with Crippen LogP contribution in [0.4, 0.5) is 5.69 Å². The summed E-state index contributed by atoms with van der Waals surface area (Å²) in [6, 6.07) is 4.61. The fraction of sp³-hybridized carbons (Fsp3) is 0.467. The average Bonchev–Trinajstić information content (AvgIpc) is 2.45. The van der Waals surface area contributed by atoms with Gasteiger partial charge in [0.05, 0.1) is 23.4 Å². The lowest BCUT2D eigenvalue weighted by atomic mass is 10.2. The van der Waals surface area contributed by atoms with Gasteiger partial charge >= 0.3 is 5.97 Å². The van der Waals surface area contributed by atoms with Gasteiger partial charge in [-0.2, -0.15) is 0 Å². The monoisotopic (exact) mass is 312 g/mol. The van der Waals surface area contributed by atoms with Crippen LogP contribution in [-0.2, 0) is 9.53 Å². The van der Waals surface area contributed by atoms with Crippen LogP contribution in [0.25, 0.3) is 0 Å². The highest BCUT2D eigenvalue weighted by Gasteiger charge is 2.11. The fourth-order valence-electron chi connectivity index (χ4n) is 1.67. The van der Waals surface area contributed by atoms with E-state index < -0.39 is 5.97 Å². The topological polar surface area (TPSA) is 67.4 Å². The van der Waals surface area contributed by atoms with E-state index in [2.05, 4.69) is 29.2 Å². The van der Waals surface area contributed by atoms with Gasteiger partial charge in [-0.1, -0.05) is 25.4 Å². The molecule has 1 aromatic rings. The maximum atomic E-state index is 11.8. The van der Waals surface area contributed by atoms with Crippen molar-refractivity contribution >= 4 is 29.2 Å². The first kappa shape index (κ1) is 17.5. The molecule has 0 saturated carbocycles. The summed E-state index contributed by atoms with van der Waals surface area (Å²) in [6.07, 6.45) is 0.339. The van der Waals surface area contributed by atoms with Gasteiger partial charge in [0.1, 0.15) is 0 Å². The molecule has 21 heavy (non-hydrogen) atoms. The number of benzene rings is 1. The molecule has 0 aliphatic carbocycles. The van der Waals surface area contributed by atoms with Gasteiger partial charge in [0.2, 0.25) is 5.91 Å². The second-order valence-electron chi connectivity index (χ2n) is 5.08. The molecule has 0 saturated heterocycles. The fourth-order valence-corrected chi connectivity index (χ4v) is 1.84. The molecule has 0 unspecified atom stereocenters. The largest absolute Gasteiger partial charge is 0.465 e. The van der Waals surface area contributed by atoms with E-state index in [4.69, 9.17) is 11.6 Å². The second-order valence-corrected chi connectivity index (χ2v) is 5.49. The van der Waals surface area contributed by atoms with Crippen LogP contribution < -0.4 is 10.6 Å². The zero-order valence-electron chi connectivity index (χ0n) is 12.5. The molecule has 0 atom stereocenters. The molecule has 116 valence electrons. The lowest BCUT2D eigenvalue weighted by Gasteiger charge is -2.10. The molecule has 0 bridgehead atoms. The number of anilines is 1. The van der Waals surface area contributed by atoms with Crippen molar-refractivity contribution < 1.29 is 14.3 Å².